The number of halogens is 1. The van der Waals surface area contributed by atoms with Crippen LogP contribution in [-0.4, -0.2) is 0 Å². The van der Waals surface area contributed by atoms with Crippen molar-refractivity contribution >= 4 is 11.6 Å². The Labute approximate surface area is 154 Å². The minimum atomic E-state index is -0.317. The van der Waals surface area contributed by atoms with Gasteiger partial charge in [0.05, 0.1) is 0 Å². The topological polar surface area (TPSA) is 24.7 Å². The summed E-state index contributed by atoms with van der Waals surface area (Å²) in [5, 5.41) is 10.9. The van der Waals surface area contributed by atoms with Crippen molar-refractivity contribution in [1.29, 1.82) is 0 Å². The van der Waals surface area contributed by atoms with Crippen molar-refractivity contribution in [3.05, 3.63) is 70.7 Å². The molecule has 128 valence electrons. The molecule has 2 aliphatic carbocycles. The molecule has 2 bridgehead atoms. The highest BCUT2D eigenvalue weighted by Crippen LogP contribution is 2.77. The van der Waals surface area contributed by atoms with Crippen molar-refractivity contribution in [2.24, 2.45) is 27.5 Å². The third kappa shape index (κ3) is 1.58. The monoisotopic (exact) mass is 350 g/mol. The number of fused-ring (bicyclic) bond motifs is 5. The van der Waals surface area contributed by atoms with Crippen LogP contribution < -0.4 is 0 Å². The molecule has 3 heteroatoms. The second kappa shape index (κ2) is 4.94. The van der Waals surface area contributed by atoms with E-state index in [1.807, 2.05) is 12.1 Å². The molecule has 0 spiro atoms. The van der Waals surface area contributed by atoms with Crippen LogP contribution in [0, 0.1) is 17.3 Å². The lowest BCUT2D eigenvalue weighted by molar-refractivity contribution is 0.141. The van der Waals surface area contributed by atoms with Crippen LogP contribution in [0.25, 0.3) is 0 Å². The van der Waals surface area contributed by atoms with Crippen molar-refractivity contribution < 1.29 is 0 Å². The lowest BCUT2D eigenvalue weighted by Crippen LogP contribution is -2.44. The molecule has 1 heterocycles. The number of hydrogen-bond donors (Lipinski definition) is 0. The number of rotatable bonds is 2. The first-order valence-electron chi connectivity index (χ1n) is 9.30. The molecule has 2 aromatic carbocycles. The Morgan fingerprint density at radius 3 is 2.16 bits per heavy atom. The van der Waals surface area contributed by atoms with E-state index >= 15 is 0 Å². The molecule has 5 rings (SSSR count). The maximum atomic E-state index is 6.70. The van der Waals surface area contributed by atoms with E-state index in [0.29, 0.717) is 11.8 Å². The maximum absolute atomic E-state index is 6.70. The highest BCUT2D eigenvalue weighted by Gasteiger charge is 2.78. The minimum Gasteiger partial charge on any atom is -0.181 e. The summed E-state index contributed by atoms with van der Waals surface area (Å²) >= 11 is 6.70. The van der Waals surface area contributed by atoms with Gasteiger partial charge < -0.3 is 0 Å². The third-order valence-corrected chi connectivity index (χ3v) is 7.69. The van der Waals surface area contributed by atoms with E-state index in [4.69, 9.17) is 21.8 Å². The van der Waals surface area contributed by atoms with Gasteiger partial charge in [0.2, 0.25) is 0 Å². The second-order valence-electron chi connectivity index (χ2n) is 8.35. The summed E-state index contributed by atoms with van der Waals surface area (Å²) in [6.45, 7) is 4.73. The molecule has 4 atom stereocenters. The van der Waals surface area contributed by atoms with E-state index in [0.717, 1.165) is 10.6 Å². The average Bonchev–Trinajstić information content (AvgIpc) is 3.24. The minimum absolute atomic E-state index is 0.109. The van der Waals surface area contributed by atoms with Crippen LogP contribution in [-0.2, 0) is 11.1 Å². The zero-order chi connectivity index (χ0) is 17.3. The van der Waals surface area contributed by atoms with Gasteiger partial charge in [-0.25, -0.2) is 0 Å². The molecular formula is C22H23ClN2. The van der Waals surface area contributed by atoms with Crippen molar-refractivity contribution in [1.82, 2.24) is 0 Å². The molecule has 0 saturated heterocycles. The summed E-state index contributed by atoms with van der Waals surface area (Å²) in [6, 6.07) is 19.1. The van der Waals surface area contributed by atoms with Gasteiger partial charge in [0.25, 0.3) is 0 Å². The van der Waals surface area contributed by atoms with Gasteiger partial charge in [0.15, 0.2) is 0 Å². The Balaban J connectivity index is 1.81. The Morgan fingerprint density at radius 2 is 1.44 bits per heavy atom. The first kappa shape index (κ1) is 15.6. The lowest BCUT2D eigenvalue weighted by Gasteiger charge is -2.42. The molecule has 0 unspecified atom stereocenters. The number of benzene rings is 2. The molecule has 2 nitrogen and oxygen atoms in total. The molecular weight excluding hydrogens is 328 g/mol. The van der Waals surface area contributed by atoms with Gasteiger partial charge >= 0.3 is 0 Å². The zero-order valence-electron chi connectivity index (χ0n) is 14.7. The number of azo groups is 1. The maximum Gasteiger partial charge on any atom is 0.119 e. The second-order valence-corrected chi connectivity index (χ2v) is 8.75. The Morgan fingerprint density at radius 1 is 0.840 bits per heavy atom. The molecule has 3 aliphatic rings. The van der Waals surface area contributed by atoms with E-state index in [1.165, 1.54) is 24.8 Å². The van der Waals surface area contributed by atoms with E-state index in [1.54, 1.807) is 0 Å². The molecule has 2 fully saturated rings. The van der Waals surface area contributed by atoms with Gasteiger partial charge in [0, 0.05) is 16.0 Å². The average molecular weight is 351 g/mol. The molecule has 0 amide bonds. The van der Waals surface area contributed by atoms with E-state index in [9.17, 15) is 0 Å². The predicted molar refractivity (Wildman–Crippen MR) is 101 cm³/mol. The molecule has 0 N–H and O–H groups in total. The molecule has 0 aromatic heterocycles. The quantitative estimate of drug-likeness (QED) is 0.602. The lowest BCUT2D eigenvalue weighted by atomic mass is 9.61. The smallest absolute Gasteiger partial charge is 0.119 e. The van der Waals surface area contributed by atoms with Gasteiger partial charge in [-0.05, 0) is 36.3 Å². The predicted octanol–water partition coefficient (Wildman–Crippen LogP) is 6.35. The van der Waals surface area contributed by atoms with Crippen LogP contribution in [0.5, 0.6) is 0 Å². The largest absolute Gasteiger partial charge is 0.181 e. The van der Waals surface area contributed by atoms with Gasteiger partial charge in [-0.3, -0.25) is 0 Å². The highest BCUT2D eigenvalue weighted by molar-refractivity contribution is 6.31. The van der Waals surface area contributed by atoms with Crippen molar-refractivity contribution in [3.63, 3.8) is 0 Å². The zero-order valence-corrected chi connectivity index (χ0v) is 15.5. The van der Waals surface area contributed by atoms with Gasteiger partial charge in [-0.2, -0.15) is 10.2 Å². The van der Waals surface area contributed by atoms with Crippen LogP contribution in [0.4, 0.5) is 0 Å². The Hall–Kier alpha value is -1.67. The summed E-state index contributed by atoms with van der Waals surface area (Å²) < 4.78 is 0. The summed E-state index contributed by atoms with van der Waals surface area (Å²) in [5.41, 5.74) is 1.81. The fourth-order valence-corrected chi connectivity index (χ4v) is 6.70. The first-order chi connectivity index (χ1) is 12.1. The van der Waals surface area contributed by atoms with E-state index in [-0.39, 0.29) is 16.5 Å². The highest BCUT2D eigenvalue weighted by atomic mass is 35.5. The van der Waals surface area contributed by atoms with Crippen molar-refractivity contribution in [3.8, 4) is 0 Å². The fraction of sp³-hybridized carbons (Fsp3) is 0.455. The SMILES string of the molecule is CC1(C)[C@]2(c3ccccc3Cl)N=N[C@@]1(c1ccccc1)[C@H]1CCC[C@H]12. The molecule has 1 aliphatic heterocycles. The van der Waals surface area contributed by atoms with Gasteiger partial charge in [-0.1, -0.05) is 80.4 Å². The summed E-state index contributed by atoms with van der Waals surface area (Å²) in [4.78, 5) is 0. The summed E-state index contributed by atoms with van der Waals surface area (Å²) in [6.07, 6.45) is 3.71. The van der Waals surface area contributed by atoms with Crippen LogP contribution in [0.2, 0.25) is 5.02 Å². The standard InChI is InChI=1S/C22H23ClN2/c1-20(2)21(15-9-4-3-5-10-15)16-12-8-13-17(16)22(20,25-24-21)18-11-6-7-14-19(18)23/h3-7,9-11,14,16-17H,8,12-13H2,1-2H3/t16-,17+,21-,22-/m0/s1. The molecule has 0 radical (unpaired) electrons. The molecule has 2 saturated carbocycles. The summed E-state index contributed by atoms with van der Waals surface area (Å²) in [5.74, 6) is 1.05. The van der Waals surface area contributed by atoms with Crippen molar-refractivity contribution in [2.45, 2.75) is 44.2 Å². The first-order valence-corrected chi connectivity index (χ1v) is 9.68. The van der Waals surface area contributed by atoms with Crippen molar-refractivity contribution in [2.75, 3.05) is 0 Å². The van der Waals surface area contributed by atoms with Crippen LogP contribution in [0.15, 0.2) is 64.8 Å². The Kier molecular flexibility index (Phi) is 3.08. The number of hydrogen-bond acceptors (Lipinski definition) is 2. The van der Waals surface area contributed by atoms with Gasteiger partial charge in [-0.15, -0.1) is 0 Å². The fourth-order valence-electron chi connectivity index (χ4n) is 6.42. The van der Waals surface area contributed by atoms with Crippen LogP contribution in [0.1, 0.15) is 44.2 Å². The third-order valence-electron chi connectivity index (χ3n) is 7.36. The van der Waals surface area contributed by atoms with Crippen LogP contribution in [0.3, 0.4) is 0 Å². The Bertz CT molecular complexity index is 859. The molecule has 2 aromatic rings. The van der Waals surface area contributed by atoms with E-state index < -0.39 is 0 Å². The summed E-state index contributed by atoms with van der Waals surface area (Å²) in [7, 11) is 0. The van der Waals surface area contributed by atoms with E-state index in [2.05, 4.69) is 56.3 Å². The van der Waals surface area contributed by atoms with Gasteiger partial charge in [0.1, 0.15) is 11.1 Å². The normalized spacial score (nSPS) is 37.4. The van der Waals surface area contributed by atoms with Crippen LogP contribution >= 0.6 is 11.6 Å². The number of nitrogens with zero attached hydrogens (tertiary/aromatic N) is 2. The molecule has 25 heavy (non-hydrogen) atoms.